The number of likely N-dealkylation sites (tertiary alicyclic amines) is 1. The highest BCUT2D eigenvalue weighted by Gasteiger charge is 2.18. The van der Waals surface area contributed by atoms with Gasteiger partial charge in [-0.05, 0) is 49.2 Å². The minimum Gasteiger partial charge on any atom is -0.489 e. The smallest absolute Gasteiger partial charge is 0.222 e. The zero-order valence-electron chi connectivity index (χ0n) is 15.6. The van der Waals surface area contributed by atoms with Crippen LogP contribution in [-0.4, -0.2) is 30.4 Å². The molecular formula is C21H25Cl3N2O2. The van der Waals surface area contributed by atoms with Gasteiger partial charge in [0, 0.05) is 41.7 Å². The van der Waals surface area contributed by atoms with Gasteiger partial charge in [-0.2, -0.15) is 0 Å². The van der Waals surface area contributed by atoms with E-state index in [2.05, 4.69) is 17.4 Å². The molecule has 0 radical (unpaired) electrons. The lowest BCUT2D eigenvalue weighted by Gasteiger charge is -2.15. The Morgan fingerprint density at radius 2 is 1.89 bits per heavy atom. The molecule has 1 saturated heterocycles. The van der Waals surface area contributed by atoms with Gasteiger partial charge in [0.1, 0.15) is 12.4 Å². The Bertz CT molecular complexity index is 769. The summed E-state index contributed by atoms with van der Waals surface area (Å²) in [7, 11) is 0. The van der Waals surface area contributed by atoms with Crippen LogP contribution in [0.4, 0.5) is 0 Å². The lowest BCUT2D eigenvalue weighted by molar-refractivity contribution is -0.127. The van der Waals surface area contributed by atoms with Gasteiger partial charge in [-0.3, -0.25) is 4.79 Å². The van der Waals surface area contributed by atoms with Crippen molar-refractivity contribution in [2.24, 2.45) is 0 Å². The molecule has 4 nitrogen and oxygen atoms in total. The van der Waals surface area contributed by atoms with Gasteiger partial charge >= 0.3 is 0 Å². The van der Waals surface area contributed by atoms with Crippen molar-refractivity contribution >= 4 is 41.5 Å². The number of hydrogen-bond donors (Lipinski definition) is 1. The van der Waals surface area contributed by atoms with Gasteiger partial charge in [-0.25, -0.2) is 0 Å². The van der Waals surface area contributed by atoms with Crippen molar-refractivity contribution < 1.29 is 9.53 Å². The highest BCUT2D eigenvalue weighted by atomic mass is 35.5. The SMILES string of the molecule is Cl.O=C1CCCN1CCCNCc1ccc(OCc2ccc(Cl)cc2Cl)cc1. The van der Waals surface area contributed by atoms with E-state index in [0.29, 0.717) is 29.0 Å². The Morgan fingerprint density at radius 1 is 1.11 bits per heavy atom. The van der Waals surface area contributed by atoms with Crippen LogP contribution in [0.25, 0.3) is 0 Å². The van der Waals surface area contributed by atoms with E-state index < -0.39 is 0 Å². The van der Waals surface area contributed by atoms with E-state index in [0.717, 1.165) is 50.3 Å². The second-order valence-electron chi connectivity index (χ2n) is 6.68. The number of nitrogens with zero attached hydrogens (tertiary/aromatic N) is 1. The summed E-state index contributed by atoms with van der Waals surface area (Å²) >= 11 is 12.1. The molecule has 1 heterocycles. The quantitative estimate of drug-likeness (QED) is 0.548. The number of nitrogens with one attached hydrogen (secondary N) is 1. The van der Waals surface area contributed by atoms with Crippen LogP contribution in [0.1, 0.15) is 30.4 Å². The summed E-state index contributed by atoms with van der Waals surface area (Å²) in [5, 5.41) is 4.65. The summed E-state index contributed by atoms with van der Waals surface area (Å²) in [4.78, 5) is 13.5. The summed E-state index contributed by atoms with van der Waals surface area (Å²) in [6.07, 6.45) is 2.70. The Kier molecular flexibility index (Phi) is 9.39. The first-order valence-electron chi connectivity index (χ1n) is 9.26. The molecule has 0 spiro atoms. The normalized spacial score (nSPS) is 13.5. The second kappa shape index (κ2) is 11.5. The molecule has 3 rings (SSSR count). The van der Waals surface area contributed by atoms with E-state index in [1.54, 1.807) is 12.1 Å². The van der Waals surface area contributed by atoms with Crippen molar-refractivity contribution in [1.82, 2.24) is 10.2 Å². The summed E-state index contributed by atoms with van der Waals surface area (Å²) in [6, 6.07) is 13.4. The summed E-state index contributed by atoms with van der Waals surface area (Å²) in [5.74, 6) is 1.10. The van der Waals surface area contributed by atoms with Crippen LogP contribution in [0.2, 0.25) is 10.0 Å². The number of halogens is 3. The maximum atomic E-state index is 11.5. The van der Waals surface area contributed by atoms with Gasteiger partial charge in [-0.15, -0.1) is 12.4 Å². The predicted molar refractivity (Wildman–Crippen MR) is 117 cm³/mol. The fourth-order valence-electron chi connectivity index (χ4n) is 3.07. The molecule has 152 valence electrons. The molecule has 0 saturated carbocycles. The van der Waals surface area contributed by atoms with Crippen molar-refractivity contribution in [1.29, 1.82) is 0 Å². The number of rotatable bonds is 9. The van der Waals surface area contributed by atoms with Crippen LogP contribution in [0.15, 0.2) is 42.5 Å². The summed E-state index contributed by atoms with van der Waals surface area (Å²) in [6.45, 7) is 3.88. The monoisotopic (exact) mass is 442 g/mol. The summed E-state index contributed by atoms with van der Waals surface area (Å²) in [5.41, 5.74) is 2.10. The number of amides is 1. The Labute approximate surface area is 182 Å². The molecule has 1 N–H and O–H groups in total. The molecule has 0 atom stereocenters. The van der Waals surface area contributed by atoms with E-state index in [4.69, 9.17) is 27.9 Å². The van der Waals surface area contributed by atoms with Crippen molar-refractivity contribution in [2.45, 2.75) is 32.4 Å². The van der Waals surface area contributed by atoms with Gasteiger partial charge < -0.3 is 15.0 Å². The third kappa shape index (κ3) is 6.85. The molecule has 0 aromatic heterocycles. The zero-order chi connectivity index (χ0) is 19.1. The van der Waals surface area contributed by atoms with Crippen LogP contribution in [0.5, 0.6) is 5.75 Å². The third-order valence-electron chi connectivity index (χ3n) is 4.61. The van der Waals surface area contributed by atoms with Crippen LogP contribution >= 0.6 is 35.6 Å². The zero-order valence-corrected chi connectivity index (χ0v) is 18.0. The molecule has 2 aromatic rings. The number of carbonyl (C=O) groups excluding carboxylic acids is 1. The molecular weight excluding hydrogens is 419 g/mol. The lowest BCUT2D eigenvalue weighted by Crippen LogP contribution is -2.28. The molecule has 1 aliphatic rings. The van der Waals surface area contributed by atoms with Crippen LogP contribution < -0.4 is 10.1 Å². The highest BCUT2D eigenvalue weighted by molar-refractivity contribution is 6.35. The number of hydrogen-bond acceptors (Lipinski definition) is 3. The third-order valence-corrected chi connectivity index (χ3v) is 5.20. The number of carbonyl (C=O) groups is 1. The van der Waals surface area contributed by atoms with Gasteiger partial charge in [0.2, 0.25) is 5.91 Å². The van der Waals surface area contributed by atoms with Gasteiger partial charge in [0.15, 0.2) is 0 Å². The predicted octanol–water partition coefficient (Wildman–Crippen LogP) is 5.10. The number of ether oxygens (including phenoxy) is 1. The van der Waals surface area contributed by atoms with E-state index in [1.165, 1.54) is 5.56 Å². The second-order valence-corrected chi connectivity index (χ2v) is 7.53. The maximum Gasteiger partial charge on any atom is 0.222 e. The van der Waals surface area contributed by atoms with Gasteiger partial charge in [-0.1, -0.05) is 41.4 Å². The molecule has 0 unspecified atom stereocenters. The molecule has 28 heavy (non-hydrogen) atoms. The fraction of sp³-hybridized carbons (Fsp3) is 0.381. The minimum atomic E-state index is 0. The van der Waals surface area contributed by atoms with Crippen molar-refractivity contribution in [2.75, 3.05) is 19.6 Å². The molecule has 0 aliphatic carbocycles. The lowest BCUT2D eigenvalue weighted by atomic mass is 10.2. The summed E-state index contributed by atoms with van der Waals surface area (Å²) < 4.78 is 5.79. The average Bonchev–Trinajstić information content (AvgIpc) is 3.07. The molecule has 1 amide bonds. The standard InChI is InChI=1S/C21H24Cl2N2O2.ClH/c22-18-7-6-17(20(23)13-18)15-27-19-8-4-16(5-9-19)14-24-10-2-12-25-11-1-3-21(25)26;/h4-9,13,24H,1-3,10-12,14-15H2;1H. The number of benzene rings is 2. The first-order valence-corrected chi connectivity index (χ1v) is 10.0. The Morgan fingerprint density at radius 3 is 2.57 bits per heavy atom. The van der Waals surface area contributed by atoms with Crippen molar-refractivity contribution in [3.63, 3.8) is 0 Å². The van der Waals surface area contributed by atoms with Gasteiger partial charge in [0.25, 0.3) is 0 Å². The van der Waals surface area contributed by atoms with Gasteiger partial charge in [0.05, 0.1) is 0 Å². The molecule has 7 heteroatoms. The highest BCUT2D eigenvalue weighted by Crippen LogP contribution is 2.23. The Hall–Kier alpha value is -1.46. The van der Waals surface area contributed by atoms with Crippen molar-refractivity contribution in [3.05, 3.63) is 63.6 Å². The largest absolute Gasteiger partial charge is 0.489 e. The molecule has 0 bridgehead atoms. The minimum absolute atomic E-state index is 0. The molecule has 2 aromatic carbocycles. The van der Waals surface area contributed by atoms with E-state index in [9.17, 15) is 4.79 Å². The van der Waals surface area contributed by atoms with Crippen LogP contribution in [-0.2, 0) is 17.9 Å². The first kappa shape index (κ1) is 22.8. The van der Waals surface area contributed by atoms with E-state index in [-0.39, 0.29) is 12.4 Å². The maximum absolute atomic E-state index is 11.5. The average molecular weight is 444 g/mol. The van der Waals surface area contributed by atoms with Crippen LogP contribution in [0, 0.1) is 0 Å². The molecule has 1 aliphatic heterocycles. The van der Waals surface area contributed by atoms with Crippen molar-refractivity contribution in [3.8, 4) is 5.75 Å². The topological polar surface area (TPSA) is 41.6 Å². The first-order chi connectivity index (χ1) is 13.1. The van der Waals surface area contributed by atoms with Crippen LogP contribution in [0.3, 0.4) is 0 Å². The molecule has 1 fully saturated rings. The van der Waals surface area contributed by atoms with E-state index >= 15 is 0 Å². The fourth-order valence-corrected chi connectivity index (χ4v) is 3.53. The van der Waals surface area contributed by atoms with E-state index in [1.807, 2.05) is 23.1 Å². The Balaban J connectivity index is 0.00000280.